The zero-order chi connectivity index (χ0) is 43.7. The molecule has 0 aliphatic carbocycles. The fraction of sp³-hybridized carbons (Fsp3) is 0.611. The highest BCUT2D eigenvalue weighted by Crippen LogP contribution is 2.12. The normalized spacial score (nSPS) is 13.1. The summed E-state index contributed by atoms with van der Waals surface area (Å²) < 4.78 is 16.7. The van der Waals surface area contributed by atoms with Crippen LogP contribution in [-0.4, -0.2) is 37.2 Å². The van der Waals surface area contributed by atoms with Crippen LogP contribution in [0.15, 0.2) is 109 Å². The average molecular weight is 831 g/mol. The summed E-state index contributed by atoms with van der Waals surface area (Å²) in [6, 6.07) is 0. The maximum absolute atomic E-state index is 12.7. The molecule has 0 aromatic carbocycles. The van der Waals surface area contributed by atoms with Gasteiger partial charge in [-0.1, -0.05) is 201 Å². The summed E-state index contributed by atoms with van der Waals surface area (Å²) in [6.07, 6.45) is 63.5. The van der Waals surface area contributed by atoms with Crippen LogP contribution < -0.4 is 0 Å². The summed E-state index contributed by atoms with van der Waals surface area (Å²) in [5, 5.41) is 0. The van der Waals surface area contributed by atoms with E-state index in [2.05, 4.69) is 93.7 Å². The maximum atomic E-state index is 12.7. The average Bonchev–Trinajstić information content (AvgIpc) is 3.24. The summed E-state index contributed by atoms with van der Waals surface area (Å²) in [6.45, 7) is 6.33. The molecule has 0 bridgehead atoms. The van der Waals surface area contributed by atoms with Crippen molar-refractivity contribution in [3.05, 3.63) is 109 Å². The minimum Gasteiger partial charge on any atom is -0.462 e. The van der Waals surface area contributed by atoms with Gasteiger partial charge in [0.1, 0.15) is 13.2 Å². The van der Waals surface area contributed by atoms with Crippen molar-refractivity contribution in [1.82, 2.24) is 0 Å². The van der Waals surface area contributed by atoms with E-state index in [-0.39, 0.29) is 37.5 Å². The molecule has 6 nitrogen and oxygen atoms in total. The van der Waals surface area contributed by atoms with Gasteiger partial charge in [0.15, 0.2) is 6.10 Å². The summed E-state index contributed by atoms with van der Waals surface area (Å²) in [5.41, 5.74) is 0. The Bertz CT molecular complexity index is 1280. The van der Waals surface area contributed by atoms with Gasteiger partial charge in [0.05, 0.1) is 0 Å². The molecule has 0 amide bonds. The van der Waals surface area contributed by atoms with E-state index in [9.17, 15) is 14.4 Å². The molecule has 0 aliphatic heterocycles. The van der Waals surface area contributed by atoms with Gasteiger partial charge in [-0.2, -0.15) is 0 Å². The molecule has 0 aliphatic rings. The van der Waals surface area contributed by atoms with Crippen molar-refractivity contribution in [2.24, 2.45) is 0 Å². The quantitative estimate of drug-likeness (QED) is 0.0201. The molecule has 0 rings (SSSR count). The molecular formula is C54H86O6. The Morgan fingerprint density at radius 3 is 1.13 bits per heavy atom. The van der Waals surface area contributed by atoms with Gasteiger partial charge in [-0.25, -0.2) is 0 Å². The lowest BCUT2D eigenvalue weighted by Gasteiger charge is -2.18. The number of carbonyl (C=O) groups excluding carboxylic acids is 3. The number of allylic oxidation sites excluding steroid dienone is 18. The second-order valence-electron chi connectivity index (χ2n) is 15.5. The topological polar surface area (TPSA) is 78.9 Å². The standard InChI is InChI=1S/C54H86O6/c1-4-7-10-13-16-19-22-24-25-26-27-28-30-32-35-38-41-44-47-53(56)59-50-51(49-58-52(55)46-43-40-37-34-31-21-18-15-12-9-6-3)60-54(57)48-45-42-39-36-33-29-23-20-17-14-11-8-5-2/h8,11,14-20,22-29,33,51H,4-7,9-10,12-13,21,30-32,34-50H2,1-3H3/b11-8-,17-14-,18-15-,19-16-,23-20-,24-22-,26-25-,28-27-,33-29-. The molecule has 1 atom stereocenters. The van der Waals surface area contributed by atoms with Crippen molar-refractivity contribution >= 4 is 17.9 Å². The third-order valence-corrected chi connectivity index (χ3v) is 9.67. The molecule has 0 spiro atoms. The van der Waals surface area contributed by atoms with E-state index in [1.54, 1.807) is 0 Å². The molecule has 0 N–H and O–H groups in total. The first-order valence-corrected chi connectivity index (χ1v) is 24.0. The monoisotopic (exact) mass is 831 g/mol. The van der Waals surface area contributed by atoms with Gasteiger partial charge < -0.3 is 14.2 Å². The highest BCUT2D eigenvalue weighted by Gasteiger charge is 2.19. The number of unbranched alkanes of at least 4 members (excludes halogenated alkanes) is 18. The second kappa shape index (κ2) is 47.7. The van der Waals surface area contributed by atoms with Gasteiger partial charge in [0, 0.05) is 19.3 Å². The fourth-order valence-electron chi connectivity index (χ4n) is 6.03. The van der Waals surface area contributed by atoms with E-state index in [1.165, 1.54) is 44.9 Å². The molecule has 0 saturated heterocycles. The zero-order valence-electron chi connectivity index (χ0n) is 38.4. The van der Waals surface area contributed by atoms with Crippen molar-refractivity contribution in [1.29, 1.82) is 0 Å². The van der Waals surface area contributed by atoms with Crippen LogP contribution in [0.4, 0.5) is 0 Å². The highest BCUT2D eigenvalue weighted by molar-refractivity contribution is 5.71. The van der Waals surface area contributed by atoms with E-state index in [1.807, 2.05) is 36.5 Å². The number of hydrogen-bond acceptors (Lipinski definition) is 6. The van der Waals surface area contributed by atoms with Crippen molar-refractivity contribution in [2.45, 2.75) is 200 Å². The molecule has 0 radical (unpaired) electrons. The molecule has 0 aromatic rings. The predicted octanol–water partition coefficient (Wildman–Crippen LogP) is 15.6. The number of carbonyl (C=O) groups is 3. The summed E-state index contributed by atoms with van der Waals surface area (Å²) in [5.74, 6) is -0.991. The molecule has 0 heterocycles. The summed E-state index contributed by atoms with van der Waals surface area (Å²) >= 11 is 0. The Morgan fingerprint density at radius 2 is 0.683 bits per heavy atom. The molecule has 60 heavy (non-hydrogen) atoms. The lowest BCUT2D eigenvalue weighted by atomic mass is 10.1. The van der Waals surface area contributed by atoms with Crippen LogP contribution in [0.25, 0.3) is 0 Å². The van der Waals surface area contributed by atoms with Crippen LogP contribution >= 0.6 is 0 Å². The van der Waals surface area contributed by atoms with Gasteiger partial charge in [-0.15, -0.1) is 0 Å². The Kier molecular flexibility index (Phi) is 44.6. The van der Waals surface area contributed by atoms with Crippen LogP contribution in [-0.2, 0) is 28.6 Å². The van der Waals surface area contributed by atoms with Gasteiger partial charge in [-0.3, -0.25) is 14.4 Å². The number of hydrogen-bond donors (Lipinski definition) is 0. The van der Waals surface area contributed by atoms with E-state index in [0.717, 1.165) is 103 Å². The smallest absolute Gasteiger partial charge is 0.306 e. The van der Waals surface area contributed by atoms with Crippen molar-refractivity contribution < 1.29 is 28.6 Å². The first kappa shape index (κ1) is 56.1. The molecule has 0 fully saturated rings. The predicted molar refractivity (Wildman–Crippen MR) is 256 cm³/mol. The largest absolute Gasteiger partial charge is 0.462 e. The SMILES string of the molecule is CC\C=C/C=C\C=C/C=C\CCCCCC(=O)OC(COC(=O)CCCCCCC\C=C/C=C\C=C/C=C\CCCCC)COC(=O)CCCCCCC/C=C\CCCC. The first-order valence-electron chi connectivity index (χ1n) is 24.0. The third kappa shape index (κ3) is 45.2. The van der Waals surface area contributed by atoms with Crippen molar-refractivity contribution in [3.8, 4) is 0 Å². The Morgan fingerprint density at radius 1 is 0.350 bits per heavy atom. The van der Waals surface area contributed by atoms with E-state index in [0.29, 0.717) is 19.3 Å². The molecule has 1 unspecified atom stereocenters. The molecule has 0 saturated carbocycles. The highest BCUT2D eigenvalue weighted by atomic mass is 16.6. The second-order valence-corrected chi connectivity index (χ2v) is 15.5. The molecule has 0 aromatic heterocycles. The number of esters is 3. The van der Waals surface area contributed by atoms with Crippen LogP contribution in [0.2, 0.25) is 0 Å². The van der Waals surface area contributed by atoms with Crippen LogP contribution in [0.1, 0.15) is 194 Å². The fourth-order valence-corrected chi connectivity index (χ4v) is 6.03. The maximum Gasteiger partial charge on any atom is 0.306 e. The van der Waals surface area contributed by atoms with E-state index < -0.39 is 6.10 Å². The minimum absolute atomic E-state index is 0.109. The number of ether oxygens (including phenoxy) is 3. The van der Waals surface area contributed by atoms with Gasteiger partial charge >= 0.3 is 17.9 Å². The van der Waals surface area contributed by atoms with Gasteiger partial charge in [0.2, 0.25) is 0 Å². The first-order chi connectivity index (χ1) is 29.5. The van der Waals surface area contributed by atoms with Crippen molar-refractivity contribution in [2.75, 3.05) is 13.2 Å². The lowest BCUT2D eigenvalue weighted by Crippen LogP contribution is -2.30. The van der Waals surface area contributed by atoms with E-state index in [4.69, 9.17) is 14.2 Å². The summed E-state index contributed by atoms with van der Waals surface area (Å²) in [4.78, 5) is 37.8. The Balaban J connectivity index is 4.51. The van der Waals surface area contributed by atoms with Crippen LogP contribution in [0.3, 0.4) is 0 Å². The molecule has 338 valence electrons. The van der Waals surface area contributed by atoms with Gasteiger partial charge in [-0.05, 0) is 83.5 Å². The molecule has 6 heteroatoms. The third-order valence-electron chi connectivity index (χ3n) is 9.67. The Hall–Kier alpha value is -3.93. The zero-order valence-corrected chi connectivity index (χ0v) is 38.4. The lowest BCUT2D eigenvalue weighted by molar-refractivity contribution is -0.167. The van der Waals surface area contributed by atoms with Gasteiger partial charge in [0.25, 0.3) is 0 Å². The summed E-state index contributed by atoms with van der Waals surface area (Å²) in [7, 11) is 0. The van der Waals surface area contributed by atoms with E-state index >= 15 is 0 Å². The van der Waals surface area contributed by atoms with Crippen LogP contribution in [0.5, 0.6) is 0 Å². The molecular weight excluding hydrogens is 745 g/mol. The van der Waals surface area contributed by atoms with Crippen molar-refractivity contribution in [3.63, 3.8) is 0 Å². The Labute approximate surface area is 368 Å². The number of rotatable bonds is 41. The minimum atomic E-state index is -0.812. The van der Waals surface area contributed by atoms with Crippen LogP contribution in [0, 0.1) is 0 Å².